The molecule has 0 radical (unpaired) electrons. The van der Waals surface area contributed by atoms with Crippen LogP contribution in [0.2, 0.25) is 0 Å². The molecule has 0 spiro atoms. The number of alkyl halides is 6. The Morgan fingerprint density at radius 1 is 1.12 bits per heavy atom. The Kier molecular flexibility index (Phi) is 5.59. The predicted octanol–water partition coefficient (Wildman–Crippen LogP) is 3.09. The Balaban J connectivity index is 1.88. The van der Waals surface area contributed by atoms with Gasteiger partial charge < -0.3 is 5.32 Å². The van der Waals surface area contributed by atoms with Crippen molar-refractivity contribution in [3.8, 4) is 11.8 Å². The van der Waals surface area contributed by atoms with Crippen molar-refractivity contribution < 1.29 is 31.1 Å². The van der Waals surface area contributed by atoms with Gasteiger partial charge in [0, 0.05) is 11.8 Å². The standard InChI is InChI=1S/C16H11F6N3O/c17-15(18,19)12-5-1-3-11(9-12)4-2-7-23-14(26)10-25-8-6-13(24-25)16(20,21)22/h1,3,5-6,8-9H,7,10H2,(H,23,26). The van der Waals surface area contributed by atoms with Gasteiger partial charge in [-0.25, -0.2) is 0 Å². The van der Waals surface area contributed by atoms with Gasteiger partial charge in [-0.3, -0.25) is 9.48 Å². The summed E-state index contributed by atoms with van der Waals surface area (Å²) < 4.78 is 75.7. The molecule has 1 amide bonds. The number of amides is 1. The molecule has 1 N–H and O–H groups in total. The quantitative estimate of drug-likeness (QED) is 0.662. The predicted molar refractivity (Wildman–Crippen MR) is 78.6 cm³/mol. The third-order valence-electron chi connectivity index (χ3n) is 3.03. The van der Waals surface area contributed by atoms with Crippen molar-refractivity contribution in [1.29, 1.82) is 0 Å². The largest absolute Gasteiger partial charge is 0.435 e. The van der Waals surface area contributed by atoms with E-state index in [0.717, 1.165) is 29.1 Å². The van der Waals surface area contributed by atoms with Crippen LogP contribution in [0.5, 0.6) is 0 Å². The highest BCUT2D eigenvalue weighted by atomic mass is 19.4. The fourth-order valence-electron chi connectivity index (χ4n) is 1.87. The van der Waals surface area contributed by atoms with Gasteiger partial charge in [0.2, 0.25) is 5.91 Å². The first-order chi connectivity index (χ1) is 12.1. The van der Waals surface area contributed by atoms with Gasteiger partial charge >= 0.3 is 12.4 Å². The van der Waals surface area contributed by atoms with Crippen LogP contribution in [0.3, 0.4) is 0 Å². The topological polar surface area (TPSA) is 46.9 Å². The molecule has 1 aromatic heterocycles. The molecule has 10 heteroatoms. The second-order valence-corrected chi connectivity index (χ2v) is 5.05. The normalized spacial score (nSPS) is 11.6. The minimum Gasteiger partial charge on any atom is -0.344 e. The fraction of sp³-hybridized carbons (Fsp3) is 0.250. The van der Waals surface area contributed by atoms with E-state index in [9.17, 15) is 31.1 Å². The van der Waals surface area contributed by atoms with Crippen LogP contribution < -0.4 is 5.32 Å². The molecule has 0 saturated heterocycles. The second-order valence-electron chi connectivity index (χ2n) is 5.05. The first kappa shape index (κ1) is 19.4. The molecule has 2 aromatic rings. The van der Waals surface area contributed by atoms with Gasteiger partial charge in [-0.2, -0.15) is 31.4 Å². The molecule has 0 aliphatic heterocycles. The fourth-order valence-corrected chi connectivity index (χ4v) is 1.87. The van der Waals surface area contributed by atoms with Crippen molar-refractivity contribution in [3.63, 3.8) is 0 Å². The summed E-state index contributed by atoms with van der Waals surface area (Å²) in [4.78, 5) is 11.6. The highest BCUT2D eigenvalue weighted by Crippen LogP contribution is 2.29. The van der Waals surface area contributed by atoms with Crippen LogP contribution in [-0.2, 0) is 23.7 Å². The molecule has 0 atom stereocenters. The number of nitrogens with one attached hydrogen (secondary N) is 1. The van der Waals surface area contributed by atoms with Crippen molar-refractivity contribution in [2.24, 2.45) is 0 Å². The highest BCUT2D eigenvalue weighted by Gasteiger charge is 2.33. The maximum atomic E-state index is 12.6. The summed E-state index contributed by atoms with van der Waals surface area (Å²) in [5.74, 6) is 4.29. The van der Waals surface area contributed by atoms with Gasteiger partial charge in [0.15, 0.2) is 5.69 Å². The van der Waals surface area contributed by atoms with Crippen molar-refractivity contribution in [2.45, 2.75) is 18.9 Å². The zero-order chi connectivity index (χ0) is 19.4. The van der Waals surface area contributed by atoms with E-state index >= 15 is 0 Å². The molecule has 0 fully saturated rings. The van der Waals surface area contributed by atoms with Gasteiger partial charge in [-0.1, -0.05) is 17.9 Å². The number of benzene rings is 1. The summed E-state index contributed by atoms with van der Waals surface area (Å²) in [5.41, 5.74) is -1.84. The van der Waals surface area contributed by atoms with Crippen LogP contribution in [0.15, 0.2) is 36.5 Å². The lowest BCUT2D eigenvalue weighted by Crippen LogP contribution is -2.28. The van der Waals surface area contributed by atoms with Gasteiger partial charge in [-0.05, 0) is 24.3 Å². The lowest BCUT2D eigenvalue weighted by atomic mass is 10.1. The lowest BCUT2D eigenvalue weighted by Gasteiger charge is -2.05. The first-order valence-electron chi connectivity index (χ1n) is 7.09. The average molecular weight is 375 g/mol. The van der Waals surface area contributed by atoms with Gasteiger partial charge in [0.1, 0.15) is 6.54 Å². The van der Waals surface area contributed by atoms with Crippen molar-refractivity contribution in [2.75, 3.05) is 6.54 Å². The first-order valence-corrected chi connectivity index (χ1v) is 7.09. The lowest BCUT2D eigenvalue weighted by molar-refractivity contribution is -0.141. The van der Waals surface area contributed by atoms with Crippen molar-refractivity contribution in [1.82, 2.24) is 15.1 Å². The highest BCUT2D eigenvalue weighted by molar-refractivity contribution is 5.75. The molecule has 1 heterocycles. The maximum Gasteiger partial charge on any atom is 0.435 e. The summed E-state index contributed by atoms with van der Waals surface area (Å²) in [5, 5.41) is 5.54. The minimum absolute atomic E-state index is 0.121. The minimum atomic E-state index is -4.60. The molecule has 0 aliphatic rings. The average Bonchev–Trinajstić information content (AvgIpc) is 3.00. The van der Waals surface area contributed by atoms with E-state index in [1.807, 2.05) is 0 Å². The smallest absolute Gasteiger partial charge is 0.344 e. The summed E-state index contributed by atoms with van der Waals surface area (Å²) in [6, 6.07) is 5.11. The van der Waals surface area contributed by atoms with Crippen LogP contribution in [0.1, 0.15) is 16.8 Å². The van der Waals surface area contributed by atoms with E-state index in [-0.39, 0.29) is 12.1 Å². The number of halogens is 6. The van der Waals surface area contributed by atoms with Crippen LogP contribution in [0.4, 0.5) is 26.3 Å². The monoisotopic (exact) mass is 375 g/mol. The molecular weight excluding hydrogens is 364 g/mol. The molecule has 26 heavy (non-hydrogen) atoms. The van der Waals surface area contributed by atoms with Crippen molar-refractivity contribution in [3.05, 3.63) is 53.3 Å². The van der Waals surface area contributed by atoms with E-state index in [1.165, 1.54) is 12.1 Å². The molecule has 0 saturated carbocycles. The van der Waals surface area contributed by atoms with Crippen LogP contribution in [0.25, 0.3) is 0 Å². The molecular formula is C16H11F6N3O. The molecule has 0 bridgehead atoms. The Labute approximate surface area is 143 Å². The van der Waals surface area contributed by atoms with E-state index in [4.69, 9.17) is 0 Å². The van der Waals surface area contributed by atoms with Gasteiger partial charge in [0.25, 0.3) is 0 Å². The Morgan fingerprint density at radius 2 is 1.85 bits per heavy atom. The Morgan fingerprint density at radius 3 is 2.46 bits per heavy atom. The number of hydrogen-bond acceptors (Lipinski definition) is 2. The zero-order valence-electron chi connectivity index (χ0n) is 12.9. The molecule has 4 nitrogen and oxygen atoms in total. The van der Waals surface area contributed by atoms with Gasteiger partial charge in [-0.15, -0.1) is 0 Å². The van der Waals surface area contributed by atoms with Crippen molar-refractivity contribution >= 4 is 5.91 Å². The molecule has 0 aliphatic carbocycles. The Bertz CT molecular complexity index is 842. The summed E-state index contributed by atoms with van der Waals surface area (Å²) >= 11 is 0. The second kappa shape index (κ2) is 7.51. The number of nitrogens with zero attached hydrogens (tertiary/aromatic N) is 2. The van der Waals surface area contributed by atoms with E-state index in [2.05, 4.69) is 22.3 Å². The number of rotatable bonds is 3. The van der Waals surface area contributed by atoms with Gasteiger partial charge in [0.05, 0.1) is 12.1 Å². The number of carbonyl (C=O) groups excluding carboxylic acids is 1. The molecule has 138 valence electrons. The van der Waals surface area contributed by atoms with E-state index < -0.39 is 36.1 Å². The number of hydrogen-bond donors (Lipinski definition) is 1. The third-order valence-corrected chi connectivity index (χ3v) is 3.03. The van der Waals surface area contributed by atoms with E-state index in [0.29, 0.717) is 0 Å². The maximum absolute atomic E-state index is 12.6. The van der Waals surface area contributed by atoms with Crippen LogP contribution in [-0.4, -0.2) is 22.2 Å². The number of aromatic nitrogens is 2. The Hall–Kier alpha value is -2.96. The summed E-state index contributed by atoms with van der Waals surface area (Å²) in [6.07, 6.45) is -8.07. The zero-order valence-corrected chi connectivity index (χ0v) is 12.9. The molecule has 2 rings (SSSR count). The summed E-state index contributed by atoms with van der Waals surface area (Å²) in [7, 11) is 0. The molecule has 1 aromatic carbocycles. The number of carbonyl (C=O) groups is 1. The summed E-state index contributed by atoms with van der Waals surface area (Å²) in [6.45, 7) is -0.621. The van der Waals surface area contributed by atoms with Crippen LogP contribution >= 0.6 is 0 Å². The SMILES string of the molecule is O=C(Cn1ccc(C(F)(F)F)n1)NCC#Cc1cccc(C(F)(F)F)c1. The van der Waals surface area contributed by atoms with Crippen LogP contribution in [0, 0.1) is 11.8 Å². The molecule has 0 unspecified atom stereocenters. The van der Waals surface area contributed by atoms with E-state index in [1.54, 1.807) is 0 Å². The third kappa shape index (κ3) is 5.54.